The molecule has 258 valence electrons. The largest absolute Gasteiger partial charge is 0.508 e. The quantitative estimate of drug-likeness (QED) is 0.0980. The Morgan fingerprint density at radius 1 is 0.812 bits per heavy atom. The van der Waals surface area contributed by atoms with Crippen LogP contribution in [0, 0.1) is 0 Å². The minimum atomic E-state index is -3.33. The van der Waals surface area contributed by atoms with Crippen LogP contribution in [0.2, 0.25) is 0 Å². The highest BCUT2D eigenvalue weighted by Gasteiger charge is 2.17. The number of hydrogen-bond donors (Lipinski definition) is 1. The zero-order valence-electron chi connectivity index (χ0n) is 28.2. The molecule has 0 atom stereocenters. The Hall–Kier alpha value is -4.16. The predicted octanol–water partition coefficient (Wildman–Crippen LogP) is 6.48. The first-order valence-corrected chi connectivity index (χ1v) is 17.8. The molecule has 0 bridgehead atoms. The summed E-state index contributed by atoms with van der Waals surface area (Å²) in [7, 11) is -3.33. The van der Waals surface area contributed by atoms with E-state index < -0.39 is 15.4 Å². The number of likely N-dealkylation sites (N-methyl/N-ethyl adjacent to an activating group) is 1. The van der Waals surface area contributed by atoms with E-state index in [1.807, 2.05) is 57.2 Å². The summed E-state index contributed by atoms with van der Waals surface area (Å²) in [6.07, 6.45) is 1.18. The molecule has 0 saturated heterocycles. The van der Waals surface area contributed by atoms with Crippen LogP contribution in [0.3, 0.4) is 0 Å². The molecule has 4 rings (SSSR count). The zero-order valence-corrected chi connectivity index (χ0v) is 29.0. The molecule has 0 amide bonds. The highest BCUT2D eigenvalue weighted by molar-refractivity contribution is 7.90. The van der Waals surface area contributed by atoms with Gasteiger partial charge in [-0.3, -0.25) is 4.90 Å². The van der Waals surface area contributed by atoms with Crippen LogP contribution in [-0.4, -0.2) is 88.9 Å². The Morgan fingerprint density at radius 3 is 2.15 bits per heavy atom. The van der Waals surface area contributed by atoms with Crippen molar-refractivity contribution in [3.05, 3.63) is 78.9 Å². The van der Waals surface area contributed by atoms with E-state index in [9.17, 15) is 18.3 Å². The zero-order chi connectivity index (χ0) is 34.7. The molecule has 0 heterocycles. The highest BCUT2D eigenvalue weighted by atomic mass is 32.2. The van der Waals surface area contributed by atoms with E-state index in [0.29, 0.717) is 43.7 Å². The number of benzene rings is 4. The number of hydrogen-bond acceptors (Lipinski definition) is 10. The van der Waals surface area contributed by atoms with E-state index in [0.717, 1.165) is 41.5 Å². The Bertz CT molecular complexity index is 1750. The summed E-state index contributed by atoms with van der Waals surface area (Å²) in [5, 5.41) is 11.6. The number of fused-ring (bicyclic) bond motifs is 1. The lowest BCUT2D eigenvalue weighted by molar-refractivity contribution is -0.160. The summed E-state index contributed by atoms with van der Waals surface area (Å²) in [4.78, 5) is 14.1. The fraction of sp³-hybridized carbons (Fsp3) is 0.378. The molecule has 0 spiro atoms. The van der Waals surface area contributed by atoms with Gasteiger partial charge in [0.05, 0.1) is 24.7 Å². The number of esters is 1. The van der Waals surface area contributed by atoms with Crippen molar-refractivity contribution in [3.63, 3.8) is 0 Å². The van der Waals surface area contributed by atoms with Crippen LogP contribution in [0.1, 0.15) is 27.7 Å². The Labute approximate surface area is 283 Å². The lowest BCUT2D eigenvalue weighted by Gasteiger charge is -2.20. The van der Waals surface area contributed by atoms with Gasteiger partial charge in [0.1, 0.15) is 41.8 Å². The number of nitrogens with zero attached hydrogens (tertiary/aromatic N) is 1. The third-order valence-corrected chi connectivity index (χ3v) is 8.41. The van der Waals surface area contributed by atoms with Gasteiger partial charge in [0.15, 0.2) is 9.84 Å². The second kappa shape index (κ2) is 16.8. The number of phenolic OH excluding ortho intramolecular Hbond substituents is 1. The normalized spacial score (nSPS) is 12.0. The lowest BCUT2D eigenvalue weighted by atomic mass is 9.99. The molecular formula is C37H45NO9S. The summed E-state index contributed by atoms with van der Waals surface area (Å²) >= 11 is 0. The topological polar surface area (TPSA) is 121 Å². The minimum Gasteiger partial charge on any atom is -0.508 e. The van der Waals surface area contributed by atoms with Gasteiger partial charge in [-0.25, -0.2) is 13.2 Å². The maximum Gasteiger partial charge on any atom is 0.332 e. The van der Waals surface area contributed by atoms with E-state index in [-0.39, 0.29) is 23.2 Å². The molecule has 1 N–H and O–H groups in total. The fourth-order valence-electron chi connectivity index (χ4n) is 4.89. The fourth-order valence-corrected chi connectivity index (χ4v) is 5.52. The molecule has 11 heteroatoms. The highest BCUT2D eigenvalue weighted by Crippen LogP contribution is 2.41. The molecule has 4 aromatic carbocycles. The van der Waals surface area contributed by atoms with Crippen LogP contribution in [0.4, 0.5) is 0 Å². The number of carbonyl (C=O) groups is 1. The molecule has 4 aromatic rings. The van der Waals surface area contributed by atoms with Gasteiger partial charge in [-0.05, 0) is 98.9 Å². The molecule has 0 radical (unpaired) electrons. The minimum absolute atomic E-state index is 0.0921. The third kappa shape index (κ3) is 11.2. The number of sulfone groups is 1. The van der Waals surface area contributed by atoms with E-state index in [1.165, 1.54) is 6.26 Å². The number of ether oxygens (including phenoxy) is 5. The van der Waals surface area contributed by atoms with Crippen molar-refractivity contribution < 1.29 is 42.0 Å². The van der Waals surface area contributed by atoms with Crippen molar-refractivity contribution in [1.29, 1.82) is 0 Å². The molecule has 10 nitrogen and oxygen atoms in total. The first-order valence-electron chi connectivity index (χ1n) is 15.9. The molecule has 0 aromatic heterocycles. The Kier molecular flexibility index (Phi) is 12.8. The number of aromatic hydroxyl groups is 1. The van der Waals surface area contributed by atoms with Gasteiger partial charge < -0.3 is 28.8 Å². The average Bonchev–Trinajstić information content (AvgIpc) is 3.03. The standard InChI is InChI=1S/C37H45NO9S/c1-6-38(19-21-43-23-24-44-26-35(40)47-37(2,3)4)20-22-45-30-11-13-31(14-12-30)46-36-33(17-9-28-25-29(39)10-18-34(28)36)27-7-15-32(16-8-27)48(5,41)42/h7-18,25,39H,6,19-24,26H2,1-5H3. The summed E-state index contributed by atoms with van der Waals surface area (Å²) in [5.74, 6) is 1.65. The number of phenols is 1. The number of carbonyl (C=O) groups excluding carboxylic acids is 1. The first kappa shape index (κ1) is 36.7. The Balaban J connectivity index is 1.29. The molecule has 0 unspecified atom stereocenters. The van der Waals surface area contributed by atoms with Crippen LogP contribution in [0.25, 0.3) is 21.9 Å². The molecule has 0 fully saturated rings. The lowest BCUT2D eigenvalue weighted by Crippen LogP contribution is -2.32. The van der Waals surface area contributed by atoms with Gasteiger partial charge in [0.25, 0.3) is 0 Å². The second-order valence-electron chi connectivity index (χ2n) is 12.3. The SMILES string of the molecule is CCN(CCOCCOCC(=O)OC(C)(C)C)CCOc1ccc(Oc2c(-c3ccc(S(C)(=O)=O)cc3)ccc3cc(O)ccc23)cc1. The van der Waals surface area contributed by atoms with Gasteiger partial charge in [0.2, 0.25) is 0 Å². The molecule has 0 saturated carbocycles. The Morgan fingerprint density at radius 2 is 1.48 bits per heavy atom. The van der Waals surface area contributed by atoms with Crippen molar-refractivity contribution in [3.8, 4) is 34.1 Å². The van der Waals surface area contributed by atoms with Crippen molar-refractivity contribution in [2.75, 3.05) is 58.9 Å². The molecule has 0 aliphatic carbocycles. The van der Waals surface area contributed by atoms with Gasteiger partial charge in [-0.1, -0.05) is 25.1 Å². The van der Waals surface area contributed by atoms with Crippen LogP contribution >= 0.6 is 0 Å². The predicted molar refractivity (Wildman–Crippen MR) is 186 cm³/mol. The van der Waals surface area contributed by atoms with Crippen LogP contribution in [0.15, 0.2) is 83.8 Å². The van der Waals surface area contributed by atoms with Gasteiger partial charge >= 0.3 is 5.97 Å². The van der Waals surface area contributed by atoms with Gasteiger partial charge in [-0.15, -0.1) is 0 Å². The summed E-state index contributed by atoms with van der Waals surface area (Å²) < 4.78 is 52.6. The first-order chi connectivity index (χ1) is 22.8. The van der Waals surface area contributed by atoms with Crippen molar-refractivity contribution in [2.24, 2.45) is 0 Å². The smallest absolute Gasteiger partial charge is 0.332 e. The maximum absolute atomic E-state index is 12.0. The van der Waals surface area contributed by atoms with Crippen molar-refractivity contribution in [2.45, 2.75) is 38.2 Å². The van der Waals surface area contributed by atoms with Crippen LogP contribution in [0.5, 0.6) is 23.0 Å². The van der Waals surface area contributed by atoms with Gasteiger partial charge in [-0.2, -0.15) is 0 Å². The number of rotatable bonds is 17. The third-order valence-electron chi connectivity index (χ3n) is 7.28. The van der Waals surface area contributed by atoms with Crippen LogP contribution in [-0.2, 0) is 28.8 Å². The molecular weight excluding hydrogens is 634 g/mol. The maximum atomic E-state index is 12.0. The van der Waals surface area contributed by atoms with E-state index in [4.69, 9.17) is 23.7 Å². The summed E-state index contributed by atoms with van der Waals surface area (Å²) in [6, 6.07) is 22.9. The van der Waals surface area contributed by atoms with Gasteiger partial charge in [0, 0.05) is 30.3 Å². The monoisotopic (exact) mass is 679 g/mol. The van der Waals surface area contributed by atoms with E-state index in [2.05, 4.69) is 11.8 Å². The summed E-state index contributed by atoms with van der Waals surface area (Å²) in [5.41, 5.74) is 1.05. The van der Waals surface area contributed by atoms with Crippen LogP contribution < -0.4 is 9.47 Å². The van der Waals surface area contributed by atoms with E-state index >= 15 is 0 Å². The van der Waals surface area contributed by atoms with E-state index in [1.54, 1.807) is 42.5 Å². The van der Waals surface area contributed by atoms with Crippen molar-refractivity contribution in [1.82, 2.24) is 4.90 Å². The summed E-state index contributed by atoms with van der Waals surface area (Å²) in [6.45, 7) is 11.5. The van der Waals surface area contributed by atoms with Crippen molar-refractivity contribution >= 4 is 26.6 Å². The average molecular weight is 680 g/mol. The molecule has 48 heavy (non-hydrogen) atoms. The molecule has 0 aliphatic heterocycles. The molecule has 0 aliphatic rings. The second-order valence-corrected chi connectivity index (χ2v) is 14.3.